The molecule has 90 valence electrons. The summed E-state index contributed by atoms with van der Waals surface area (Å²) in [5, 5.41) is 4.06. The number of unbranched alkanes of at least 4 members (excludes halogenated alkanes) is 1. The Morgan fingerprint density at radius 2 is 2.25 bits per heavy atom. The molecule has 0 spiro atoms. The van der Waals surface area contributed by atoms with Crippen molar-refractivity contribution in [1.82, 2.24) is 14.7 Å². The Hall–Kier alpha value is -1.52. The highest BCUT2D eigenvalue weighted by Gasteiger charge is 2.17. The number of hydrogen-bond acceptors (Lipinski definition) is 3. The number of aromatic nitrogens is 2. The highest BCUT2D eigenvalue weighted by Crippen LogP contribution is 2.13. The van der Waals surface area contributed by atoms with Gasteiger partial charge in [0, 0.05) is 20.1 Å². The van der Waals surface area contributed by atoms with Crippen LogP contribution in [-0.2, 0) is 6.54 Å². The Labute approximate surface area is 96.2 Å². The highest BCUT2D eigenvalue weighted by atomic mass is 16.2. The molecule has 1 aromatic rings. The van der Waals surface area contributed by atoms with Crippen molar-refractivity contribution in [2.24, 2.45) is 0 Å². The summed E-state index contributed by atoms with van der Waals surface area (Å²) in [6.07, 6.45) is 3.62. The third-order valence-electron chi connectivity index (χ3n) is 2.60. The minimum Gasteiger partial charge on any atom is -0.383 e. The monoisotopic (exact) mass is 224 g/mol. The lowest BCUT2D eigenvalue weighted by Gasteiger charge is -2.16. The molecule has 0 aliphatic heterocycles. The smallest absolute Gasteiger partial charge is 0.258 e. The number of hydrogen-bond donors (Lipinski definition) is 1. The average molecular weight is 224 g/mol. The number of carbonyl (C=O) groups is 1. The molecule has 5 nitrogen and oxygen atoms in total. The fraction of sp³-hybridized carbons (Fsp3) is 0.636. The van der Waals surface area contributed by atoms with E-state index in [2.05, 4.69) is 12.0 Å². The number of carbonyl (C=O) groups excluding carboxylic acids is 1. The molecule has 0 unspecified atom stereocenters. The molecule has 0 radical (unpaired) electrons. The van der Waals surface area contributed by atoms with E-state index in [1.165, 1.54) is 0 Å². The first kappa shape index (κ1) is 12.5. The molecule has 0 saturated carbocycles. The highest BCUT2D eigenvalue weighted by molar-refractivity contribution is 5.98. The van der Waals surface area contributed by atoms with Crippen LogP contribution in [0.2, 0.25) is 0 Å². The summed E-state index contributed by atoms with van der Waals surface area (Å²) in [6, 6.07) is 0. The molecule has 0 saturated heterocycles. The van der Waals surface area contributed by atoms with Crippen LogP contribution in [0.5, 0.6) is 0 Å². The Morgan fingerprint density at radius 1 is 1.56 bits per heavy atom. The number of amides is 1. The fourth-order valence-electron chi connectivity index (χ4n) is 1.51. The van der Waals surface area contributed by atoms with Crippen molar-refractivity contribution in [2.45, 2.75) is 33.2 Å². The lowest BCUT2D eigenvalue weighted by Crippen LogP contribution is -2.28. The maximum Gasteiger partial charge on any atom is 0.258 e. The number of nitrogen functional groups attached to an aromatic ring is 1. The van der Waals surface area contributed by atoms with Gasteiger partial charge in [0.05, 0.1) is 6.20 Å². The maximum atomic E-state index is 12.0. The van der Waals surface area contributed by atoms with Crippen LogP contribution in [-0.4, -0.2) is 34.2 Å². The summed E-state index contributed by atoms with van der Waals surface area (Å²) < 4.78 is 1.63. The van der Waals surface area contributed by atoms with Crippen LogP contribution in [0, 0.1) is 0 Å². The largest absolute Gasteiger partial charge is 0.383 e. The molecule has 0 aliphatic carbocycles. The van der Waals surface area contributed by atoms with Gasteiger partial charge in [-0.05, 0) is 13.3 Å². The molecule has 16 heavy (non-hydrogen) atoms. The molecule has 0 fully saturated rings. The minimum atomic E-state index is -0.0503. The van der Waals surface area contributed by atoms with Crippen LogP contribution in [0.3, 0.4) is 0 Å². The molecule has 5 heteroatoms. The summed E-state index contributed by atoms with van der Waals surface area (Å²) >= 11 is 0. The normalized spacial score (nSPS) is 10.4. The average Bonchev–Trinajstić information content (AvgIpc) is 2.66. The molecule has 0 atom stereocenters. The Morgan fingerprint density at radius 3 is 2.75 bits per heavy atom. The van der Waals surface area contributed by atoms with Gasteiger partial charge in [0.1, 0.15) is 11.4 Å². The van der Waals surface area contributed by atoms with Gasteiger partial charge in [-0.25, -0.2) is 4.68 Å². The van der Waals surface area contributed by atoms with Crippen LogP contribution >= 0.6 is 0 Å². The van der Waals surface area contributed by atoms with E-state index in [0.717, 1.165) is 19.4 Å². The number of nitrogens with zero attached hydrogens (tertiary/aromatic N) is 3. The standard InChI is InChI=1S/C11H20N4O/c1-4-6-7-14(3)11(16)9-8-13-15(5-2)10(9)12/h8H,4-7,12H2,1-3H3. The number of anilines is 1. The van der Waals surface area contributed by atoms with Gasteiger partial charge in [-0.15, -0.1) is 0 Å². The maximum absolute atomic E-state index is 12.0. The Bertz CT molecular complexity index is 359. The van der Waals surface area contributed by atoms with E-state index in [4.69, 9.17) is 5.73 Å². The molecule has 1 rings (SSSR count). The van der Waals surface area contributed by atoms with E-state index in [0.29, 0.717) is 17.9 Å². The quantitative estimate of drug-likeness (QED) is 0.821. The van der Waals surface area contributed by atoms with Crippen molar-refractivity contribution in [1.29, 1.82) is 0 Å². The van der Waals surface area contributed by atoms with Gasteiger partial charge in [0.25, 0.3) is 5.91 Å². The summed E-state index contributed by atoms with van der Waals surface area (Å²) in [7, 11) is 1.79. The van der Waals surface area contributed by atoms with E-state index in [-0.39, 0.29) is 5.91 Å². The topological polar surface area (TPSA) is 64.2 Å². The first-order chi connectivity index (χ1) is 7.61. The van der Waals surface area contributed by atoms with Crippen molar-refractivity contribution in [3.8, 4) is 0 Å². The zero-order chi connectivity index (χ0) is 12.1. The van der Waals surface area contributed by atoms with Crippen molar-refractivity contribution in [2.75, 3.05) is 19.3 Å². The summed E-state index contributed by atoms with van der Waals surface area (Å²) in [4.78, 5) is 13.7. The summed E-state index contributed by atoms with van der Waals surface area (Å²) in [5.74, 6) is 0.404. The lowest BCUT2D eigenvalue weighted by molar-refractivity contribution is 0.0794. The van der Waals surface area contributed by atoms with Crippen LogP contribution < -0.4 is 5.73 Å². The molecule has 2 N–H and O–H groups in total. The predicted octanol–water partition coefficient (Wildman–Crippen LogP) is 1.36. The number of rotatable bonds is 5. The van der Waals surface area contributed by atoms with Crippen LogP contribution in [0.25, 0.3) is 0 Å². The second-order valence-electron chi connectivity index (χ2n) is 3.84. The third-order valence-corrected chi connectivity index (χ3v) is 2.60. The summed E-state index contributed by atoms with van der Waals surface area (Å²) in [6.45, 7) is 5.48. The van der Waals surface area contributed by atoms with E-state index in [1.807, 2.05) is 6.92 Å². The molecule has 0 aromatic carbocycles. The third kappa shape index (κ3) is 2.53. The predicted molar refractivity (Wildman–Crippen MR) is 64.2 cm³/mol. The number of nitrogens with two attached hydrogens (primary N) is 1. The van der Waals surface area contributed by atoms with Crippen LogP contribution in [0.15, 0.2) is 6.20 Å². The minimum absolute atomic E-state index is 0.0503. The molecule has 0 aliphatic rings. The van der Waals surface area contributed by atoms with E-state index in [1.54, 1.807) is 22.8 Å². The van der Waals surface area contributed by atoms with Gasteiger partial charge in [0.2, 0.25) is 0 Å². The van der Waals surface area contributed by atoms with Crippen LogP contribution in [0.1, 0.15) is 37.0 Å². The molecular weight excluding hydrogens is 204 g/mol. The molecule has 0 bridgehead atoms. The van der Waals surface area contributed by atoms with E-state index in [9.17, 15) is 4.79 Å². The van der Waals surface area contributed by atoms with Crippen molar-refractivity contribution in [3.05, 3.63) is 11.8 Å². The van der Waals surface area contributed by atoms with Gasteiger partial charge >= 0.3 is 0 Å². The van der Waals surface area contributed by atoms with Gasteiger partial charge in [0.15, 0.2) is 0 Å². The Kier molecular flexibility index (Phi) is 4.34. The van der Waals surface area contributed by atoms with Crippen molar-refractivity contribution < 1.29 is 4.79 Å². The fourth-order valence-corrected chi connectivity index (χ4v) is 1.51. The zero-order valence-electron chi connectivity index (χ0n) is 10.2. The second-order valence-corrected chi connectivity index (χ2v) is 3.84. The van der Waals surface area contributed by atoms with Crippen LogP contribution in [0.4, 0.5) is 5.82 Å². The molecule has 1 heterocycles. The van der Waals surface area contributed by atoms with Crippen molar-refractivity contribution in [3.63, 3.8) is 0 Å². The SMILES string of the molecule is CCCCN(C)C(=O)c1cnn(CC)c1N. The van der Waals surface area contributed by atoms with E-state index >= 15 is 0 Å². The lowest BCUT2D eigenvalue weighted by atomic mass is 10.2. The second kappa shape index (κ2) is 5.53. The molecule has 1 amide bonds. The first-order valence-electron chi connectivity index (χ1n) is 5.68. The molecular formula is C11H20N4O. The van der Waals surface area contributed by atoms with E-state index < -0.39 is 0 Å². The summed E-state index contributed by atoms with van der Waals surface area (Å²) in [5.41, 5.74) is 6.33. The van der Waals surface area contributed by atoms with Gasteiger partial charge in [-0.3, -0.25) is 4.79 Å². The van der Waals surface area contributed by atoms with Crippen molar-refractivity contribution >= 4 is 11.7 Å². The Balaban J connectivity index is 2.75. The number of aryl methyl sites for hydroxylation is 1. The first-order valence-corrected chi connectivity index (χ1v) is 5.68. The van der Waals surface area contributed by atoms with Gasteiger partial charge < -0.3 is 10.6 Å². The van der Waals surface area contributed by atoms with Gasteiger partial charge in [-0.2, -0.15) is 5.10 Å². The zero-order valence-corrected chi connectivity index (χ0v) is 10.2. The van der Waals surface area contributed by atoms with Gasteiger partial charge in [-0.1, -0.05) is 13.3 Å². The molecule has 1 aromatic heterocycles.